The molecule has 0 unspecified atom stereocenters. The van der Waals surface area contributed by atoms with E-state index in [1.807, 2.05) is 4.90 Å². The van der Waals surface area contributed by atoms with Gasteiger partial charge in [-0.2, -0.15) is 0 Å². The molecule has 0 spiro atoms. The number of ether oxygens (including phenoxy) is 1. The van der Waals surface area contributed by atoms with E-state index >= 15 is 0 Å². The zero-order valence-corrected chi connectivity index (χ0v) is 10.9. The molecule has 1 saturated heterocycles. The first kappa shape index (κ1) is 14.4. The average molecular weight is 244 g/mol. The molecule has 1 fully saturated rings. The molecule has 1 aliphatic rings. The molecule has 17 heavy (non-hydrogen) atoms. The van der Waals surface area contributed by atoms with Crippen LogP contribution in [0.2, 0.25) is 0 Å². The first-order chi connectivity index (χ1) is 8.13. The van der Waals surface area contributed by atoms with Crippen LogP contribution in [0.25, 0.3) is 0 Å². The van der Waals surface area contributed by atoms with Crippen molar-refractivity contribution >= 4 is 5.91 Å². The average Bonchev–Trinajstić information content (AvgIpc) is 2.29. The predicted molar refractivity (Wildman–Crippen MR) is 65.8 cm³/mol. The van der Waals surface area contributed by atoms with Crippen LogP contribution in [0.15, 0.2) is 0 Å². The highest BCUT2D eigenvalue weighted by atomic mass is 16.5. The number of amides is 1. The third-order valence-electron chi connectivity index (χ3n) is 2.99. The summed E-state index contributed by atoms with van der Waals surface area (Å²) < 4.78 is 4.93. The third-order valence-corrected chi connectivity index (χ3v) is 2.99. The first-order valence-electron chi connectivity index (χ1n) is 6.30. The van der Waals surface area contributed by atoms with Crippen LogP contribution in [0.5, 0.6) is 0 Å². The maximum Gasteiger partial charge on any atom is 0.222 e. The van der Waals surface area contributed by atoms with Crippen LogP contribution >= 0.6 is 0 Å². The molecular weight excluding hydrogens is 220 g/mol. The summed E-state index contributed by atoms with van der Waals surface area (Å²) in [6.45, 7) is 6.42. The van der Waals surface area contributed by atoms with Gasteiger partial charge in [0.05, 0.1) is 6.10 Å². The fourth-order valence-electron chi connectivity index (χ4n) is 2.08. The van der Waals surface area contributed by atoms with Crippen LogP contribution in [0.1, 0.15) is 19.8 Å². The van der Waals surface area contributed by atoms with Crippen LogP contribution in [0, 0.1) is 0 Å². The lowest BCUT2D eigenvalue weighted by Gasteiger charge is -2.35. The standard InChI is InChI=1S/C12H24N2O3/c1-11(15)10-13-5-7-14(8-6-13)12(16)4-3-9-17-2/h11,15H,3-10H2,1-2H3/t11-/m1/s1. The van der Waals surface area contributed by atoms with Crippen molar-refractivity contribution in [2.24, 2.45) is 0 Å². The van der Waals surface area contributed by atoms with E-state index in [9.17, 15) is 9.90 Å². The molecule has 0 aromatic heterocycles. The molecule has 1 atom stereocenters. The summed E-state index contributed by atoms with van der Waals surface area (Å²) in [6, 6.07) is 0. The van der Waals surface area contributed by atoms with E-state index in [1.165, 1.54) is 0 Å². The fraction of sp³-hybridized carbons (Fsp3) is 0.917. The molecule has 0 aromatic carbocycles. The number of β-amino-alcohol motifs (C(OH)–C–C–N with tert-alkyl or cyclic N) is 1. The molecular formula is C12H24N2O3. The monoisotopic (exact) mass is 244 g/mol. The summed E-state index contributed by atoms with van der Waals surface area (Å²) in [7, 11) is 1.65. The SMILES string of the molecule is COCCCC(=O)N1CCN(C[C@@H](C)O)CC1. The van der Waals surface area contributed by atoms with E-state index in [2.05, 4.69) is 4.90 Å². The molecule has 100 valence electrons. The van der Waals surface area contributed by atoms with E-state index < -0.39 is 0 Å². The zero-order chi connectivity index (χ0) is 12.7. The quantitative estimate of drug-likeness (QED) is 0.665. The summed E-state index contributed by atoms with van der Waals surface area (Å²) in [4.78, 5) is 15.9. The minimum absolute atomic E-state index is 0.221. The lowest BCUT2D eigenvalue weighted by atomic mass is 10.2. The molecule has 1 amide bonds. The van der Waals surface area contributed by atoms with Gasteiger partial charge in [-0.05, 0) is 13.3 Å². The van der Waals surface area contributed by atoms with Gasteiger partial charge in [-0.3, -0.25) is 9.69 Å². The molecule has 1 aliphatic heterocycles. The number of rotatable bonds is 6. The summed E-state index contributed by atoms with van der Waals surface area (Å²) in [6.07, 6.45) is 1.08. The molecule has 0 bridgehead atoms. The Balaban J connectivity index is 2.19. The number of aliphatic hydroxyl groups is 1. The van der Waals surface area contributed by atoms with E-state index in [-0.39, 0.29) is 12.0 Å². The van der Waals surface area contributed by atoms with Crippen molar-refractivity contribution in [2.45, 2.75) is 25.9 Å². The summed E-state index contributed by atoms with van der Waals surface area (Å²) in [5.74, 6) is 0.221. The van der Waals surface area contributed by atoms with Crippen LogP contribution in [0.4, 0.5) is 0 Å². The highest BCUT2D eigenvalue weighted by Gasteiger charge is 2.20. The van der Waals surface area contributed by atoms with Crippen molar-refractivity contribution in [1.82, 2.24) is 9.80 Å². The minimum atomic E-state index is -0.293. The van der Waals surface area contributed by atoms with Gasteiger partial charge in [0.2, 0.25) is 5.91 Å². The second-order valence-electron chi connectivity index (χ2n) is 4.63. The second-order valence-corrected chi connectivity index (χ2v) is 4.63. The maximum atomic E-state index is 11.8. The zero-order valence-electron chi connectivity index (χ0n) is 10.9. The van der Waals surface area contributed by atoms with E-state index in [0.717, 1.165) is 32.6 Å². The Morgan fingerprint density at radius 3 is 2.53 bits per heavy atom. The highest BCUT2D eigenvalue weighted by Crippen LogP contribution is 2.05. The smallest absolute Gasteiger partial charge is 0.222 e. The van der Waals surface area contributed by atoms with E-state index in [1.54, 1.807) is 14.0 Å². The Morgan fingerprint density at radius 2 is 2.00 bits per heavy atom. The number of carbonyl (C=O) groups excluding carboxylic acids is 1. The highest BCUT2D eigenvalue weighted by molar-refractivity contribution is 5.76. The summed E-state index contributed by atoms with van der Waals surface area (Å²) >= 11 is 0. The first-order valence-corrected chi connectivity index (χ1v) is 6.30. The minimum Gasteiger partial charge on any atom is -0.392 e. The molecule has 5 heteroatoms. The number of methoxy groups -OCH3 is 1. The molecule has 0 aromatic rings. The van der Waals surface area contributed by atoms with Gasteiger partial charge in [0, 0.05) is 52.9 Å². The summed E-state index contributed by atoms with van der Waals surface area (Å²) in [5, 5.41) is 9.29. The van der Waals surface area contributed by atoms with Crippen LogP contribution < -0.4 is 0 Å². The number of carbonyl (C=O) groups is 1. The lowest BCUT2D eigenvalue weighted by Crippen LogP contribution is -2.50. The van der Waals surface area contributed by atoms with E-state index in [0.29, 0.717) is 19.6 Å². The summed E-state index contributed by atoms with van der Waals surface area (Å²) in [5.41, 5.74) is 0. The maximum absolute atomic E-state index is 11.8. The number of aliphatic hydroxyl groups excluding tert-OH is 1. The Bertz CT molecular complexity index is 226. The molecule has 0 aliphatic carbocycles. The Kier molecular flexibility index (Phi) is 6.47. The van der Waals surface area contributed by atoms with Crippen molar-refractivity contribution < 1.29 is 14.6 Å². The van der Waals surface area contributed by atoms with Crippen molar-refractivity contribution in [3.8, 4) is 0 Å². The molecule has 1 N–H and O–H groups in total. The van der Waals surface area contributed by atoms with Gasteiger partial charge in [0.25, 0.3) is 0 Å². The van der Waals surface area contributed by atoms with Gasteiger partial charge in [0.15, 0.2) is 0 Å². The number of nitrogens with zero attached hydrogens (tertiary/aromatic N) is 2. The Hall–Kier alpha value is -0.650. The topological polar surface area (TPSA) is 53.0 Å². The molecule has 0 radical (unpaired) electrons. The van der Waals surface area contributed by atoms with Crippen LogP contribution in [0.3, 0.4) is 0 Å². The Labute approximate surface area is 103 Å². The van der Waals surface area contributed by atoms with Crippen LogP contribution in [-0.4, -0.2) is 73.4 Å². The largest absolute Gasteiger partial charge is 0.392 e. The molecule has 1 rings (SSSR count). The van der Waals surface area contributed by atoms with Gasteiger partial charge in [0.1, 0.15) is 0 Å². The lowest BCUT2D eigenvalue weighted by molar-refractivity contribution is -0.133. The normalized spacial score (nSPS) is 19.4. The second kappa shape index (κ2) is 7.63. The number of hydrogen-bond acceptors (Lipinski definition) is 4. The van der Waals surface area contributed by atoms with Gasteiger partial charge < -0.3 is 14.7 Å². The number of piperazine rings is 1. The molecule has 5 nitrogen and oxygen atoms in total. The van der Waals surface area contributed by atoms with Gasteiger partial charge >= 0.3 is 0 Å². The van der Waals surface area contributed by atoms with Gasteiger partial charge in [-0.25, -0.2) is 0 Å². The van der Waals surface area contributed by atoms with Crippen molar-refractivity contribution in [1.29, 1.82) is 0 Å². The predicted octanol–water partition coefficient (Wildman–Crippen LogP) is -0.0620. The van der Waals surface area contributed by atoms with Crippen molar-refractivity contribution in [2.75, 3.05) is 46.4 Å². The van der Waals surface area contributed by atoms with E-state index in [4.69, 9.17) is 4.74 Å². The molecule has 1 heterocycles. The fourth-order valence-corrected chi connectivity index (χ4v) is 2.08. The van der Waals surface area contributed by atoms with Crippen molar-refractivity contribution in [3.63, 3.8) is 0 Å². The van der Waals surface area contributed by atoms with Gasteiger partial charge in [-0.1, -0.05) is 0 Å². The van der Waals surface area contributed by atoms with Gasteiger partial charge in [-0.15, -0.1) is 0 Å². The van der Waals surface area contributed by atoms with Crippen LogP contribution in [-0.2, 0) is 9.53 Å². The third kappa shape index (κ3) is 5.48. The number of hydrogen-bond donors (Lipinski definition) is 1. The van der Waals surface area contributed by atoms with Crippen molar-refractivity contribution in [3.05, 3.63) is 0 Å². The molecule has 0 saturated carbocycles. The Morgan fingerprint density at radius 1 is 1.35 bits per heavy atom.